The van der Waals surface area contributed by atoms with Crippen molar-refractivity contribution in [3.63, 3.8) is 0 Å². The third-order valence-corrected chi connectivity index (χ3v) is 5.79. The standard InChI is InChI=1S/C17H17N3O5S/c21-17-6-12(8-19-26(22,23)14-2-1-5-18-9-14)10-20(17)13-3-4-15-16(7-13)25-11-24-15/h1-5,7,9,12,19H,6,8,10-11H2/t12-/m0/s1. The number of pyridine rings is 1. The van der Waals surface area contributed by atoms with E-state index < -0.39 is 10.0 Å². The van der Waals surface area contributed by atoms with Crippen molar-refractivity contribution in [2.75, 3.05) is 24.8 Å². The number of fused-ring (bicyclic) bond motifs is 1. The lowest BCUT2D eigenvalue weighted by Gasteiger charge is -2.17. The molecule has 0 aliphatic carbocycles. The Balaban J connectivity index is 1.42. The first-order valence-electron chi connectivity index (χ1n) is 8.13. The molecule has 2 aliphatic rings. The molecule has 9 heteroatoms. The van der Waals surface area contributed by atoms with E-state index in [4.69, 9.17) is 9.47 Å². The molecule has 0 saturated carbocycles. The minimum Gasteiger partial charge on any atom is -0.454 e. The quantitative estimate of drug-likeness (QED) is 0.842. The van der Waals surface area contributed by atoms with Crippen LogP contribution in [0.1, 0.15) is 6.42 Å². The molecule has 26 heavy (non-hydrogen) atoms. The molecule has 2 aromatic rings. The maximum absolute atomic E-state index is 12.3. The Bertz CT molecular complexity index is 933. The van der Waals surface area contributed by atoms with E-state index in [1.165, 1.54) is 18.5 Å². The van der Waals surface area contributed by atoms with Crippen LogP contribution in [0.15, 0.2) is 47.6 Å². The van der Waals surface area contributed by atoms with Crippen LogP contribution in [-0.2, 0) is 14.8 Å². The number of sulfonamides is 1. The zero-order chi connectivity index (χ0) is 18.1. The molecule has 136 valence electrons. The van der Waals surface area contributed by atoms with E-state index >= 15 is 0 Å². The molecule has 0 bridgehead atoms. The topological polar surface area (TPSA) is 97.8 Å². The monoisotopic (exact) mass is 375 g/mol. The first-order chi connectivity index (χ1) is 12.5. The Morgan fingerprint density at radius 2 is 2.08 bits per heavy atom. The van der Waals surface area contributed by atoms with Gasteiger partial charge in [-0.3, -0.25) is 9.78 Å². The third kappa shape index (κ3) is 3.23. The number of hydrogen-bond donors (Lipinski definition) is 1. The minimum atomic E-state index is -3.63. The summed E-state index contributed by atoms with van der Waals surface area (Å²) in [4.78, 5) is 17.9. The number of anilines is 1. The van der Waals surface area contributed by atoms with Crippen molar-refractivity contribution in [1.29, 1.82) is 0 Å². The molecular formula is C17H17N3O5S. The van der Waals surface area contributed by atoms with Gasteiger partial charge in [-0.2, -0.15) is 0 Å². The molecule has 8 nitrogen and oxygen atoms in total. The molecule has 0 spiro atoms. The highest BCUT2D eigenvalue weighted by Crippen LogP contribution is 2.37. The van der Waals surface area contributed by atoms with E-state index in [1.54, 1.807) is 29.2 Å². The number of carbonyl (C=O) groups is 1. The Labute approximate surface area is 150 Å². The van der Waals surface area contributed by atoms with Crippen LogP contribution in [0.2, 0.25) is 0 Å². The molecule has 0 unspecified atom stereocenters. The van der Waals surface area contributed by atoms with Crippen LogP contribution in [0.5, 0.6) is 11.5 Å². The summed E-state index contributed by atoms with van der Waals surface area (Å²) >= 11 is 0. The highest BCUT2D eigenvalue weighted by molar-refractivity contribution is 7.89. The Kier molecular flexibility index (Phi) is 4.25. The summed E-state index contributed by atoms with van der Waals surface area (Å²) in [7, 11) is -3.63. The van der Waals surface area contributed by atoms with Gasteiger partial charge in [-0.1, -0.05) is 0 Å². The second-order valence-electron chi connectivity index (χ2n) is 6.15. The van der Waals surface area contributed by atoms with Gasteiger partial charge in [-0.15, -0.1) is 0 Å². The van der Waals surface area contributed by atoms with Crippen LogP contribution < -0.4 is 19.1 Å². The summed E-state index contributed by atoms with van der Waals surface area (Å²) in [6.45, 7) is 0.795. The molecule has 1 saturated heterocycles. The fourth-order valence-corrected chi connectivity index (χ4v) is 4.12. The average Bonchev–Trinajstić information content (AvgIpc) is 3.26. The van der Waals surface area contributed by atoms with Crippen LogP contribution in [0.3, 0.4) is 0 Å². The number of rotatable bonds is 5. The fraction of sp³-hybridized carbons (Fsp3) is 0.294. The predicted octanol–water partition coefficient (Wildman–Crippen LogP) is 1.14. The number of ether oxygens (including phenoxy) is 2. The highest BCUT2D eigenvalue weighted by atomic mass is 32.2. The predicted molar refractivity (Wildman–Crippen MR) is 92.5 cm³/mol. The number of hydrogen-bond acceptors (Lipinski definition) is 6. The lowest BCUT2D eigenvalue weighted by atomic mass is 10.1. The number of nitrogens with one attached hydrogen (secondary N) is 1. The number of nitrogens with zero attached hydrogens (tertiary/aromatic N) is 2. The summed E-state index contributed by atoms with van der Waals surface area (Å²) in [6, 6.07) is 8.38. The summed E-state index contributed by atoms with van der Waals surface area (Å²) in [5.41, 5.74) is 0.719. The summed E-state index contributed by atoms with van der Waals surface area (Å²) in [5.74, 6) is 1.10. The number of carbonyl (C=O) groups excluding carboxylic acids is 1. The smallest absolute Gasteiger partial charge is 0.242 e. The molecule has 3 heterocycles. The zero-order valence-electron chi connectivity index (χ0n) is 13.8. The molecule has 0 radical (unpaired) electrons. The van der Waals surface area contributed by atoms with E-state index in [9.17, 15) is 13.2 Å². The van der Waals surface area contributed by atoms with Gasteiger partial charge in [-0.05, 0) is 30.2 Å². The van der Waals surface area contributed by atoms with E-state index in [0.717, 1.165) is 5.69 Å². The normalized spacial score (nSPS) is 19.2. The van der Waals surface area contributed by atoms with Crippen LogP contribution in [0.25, 0.3) is 0 Å². The van der Waals surface area contributed by atoms with Crippen molar-refractivity contribution >= 4 is 21.6 Å². The second kappa shape index (κ2) is 6.58. The van der Waals surface area contributed by atoms with Crippen LogP contribution in [-0.4, -0.2) is 39.2 Å². The largest absolute Gasteiger partial charge is 0.454 e. The Morgan fingerprint density at radius 1 is 1.23 bits per heavy atom. The van der Waals surface area contributed by atoms with Gasteiger partial charge in [-0.25, -0.2) is 13.1 Å². The Hall–Kier alpha value is -2.65. The van der Waals surface area contributed by atoms with E-state index in [1.807, 2.05) is 0 Å². The first-order valence-corrected chi connectivity index (χ1v) is 9.61. The molecule has 1 N–H and O–H groups in total. The highest BCUT2D eigenvalue weighted by Gasteiger charge is 2.32. The molecule has 1 atom stereocenters. The van der Waals surface area contributed by atoms with Gasteiger partial charge in [0.1, 0.15) is 4.90 Å². The van der Waals surface area contributed by atoms with Gasteiger partial charge in [0, 0.05) is 43.7 Å². The Morgan fingerprint density at radius 3 is 2.88 bits per heavy atom. The van der Waals surface area contributed by atoms with Crippen molar-refractivity contribution in [2.45, 2.75) is 11.3 Å². The van der Waals surface area contributed by atoms with E-state index in [2.05, 4.69) is 9.71 Å². The average molecular weight is 375 g/mol. The second-order valence-corrected chi connectivity index (χ2v) is 7.92. The minimum absolute atomic E-state index is 0.0468. The van der Waals surface area contributed by atoms with E-state index in [-0.39, 0.29) is 36.5 Å². The lowest BCUT2D eigenvalue weighted by molar-refractivity contribution is -0.117. The molecule has 1 amide bonds. The van der Waals surface area contributed by atoms with Crippen molar-refractivity contribution < 1.29 is 22.7 Å². The molecule has 1 fully saturated rings. The van der Waals surface area contributed by atoms with Crippen molar-refractivity contribution in [2.24, 2.45) is 5.92 Å². The van der Waals surface area contributed by atoms with Crippen LogP contribution >= 0.6 is 0 Å². The van der Waals surface area contributed by atoms with Crippen molar-refractivity contribution in [1.82, 2.24) is 9.71 Å². The van der Waals surface area contributed by atoms with Gasteiger partial charge in [0.15, 0.2) is 11.5 Å². The van der Waals surface area contributed by atoms with Crippen LogP contribution in [0.4, 0.5) is 5.69 Å². The van der Waals surface area contributed by atoms with Crippen LogP contribution in [0, 0.1) is 5.92 Å². The summed E-state index contributed by atoms with van der Waals surface area (Å²) in [6.07, 6.45) is 3.09. The zero-order valence-corrected chi connectivity index (χ0v) is 14.6. The molecule has 1 aromatic carbocycles. The lowest BCUT2D eigenvalue weighted by Crippen LogP contribution is -2.31. The van der Waals surface area contributed by atoms with Gasteiger partial charge in [0.2, 0.25) is 22.7 Å². The van der Waals surface area contributed by atoms with E-state index in [0.29, 0.717) is 18.0 Å². The summed E-state index contributed by atoms with van der Waals surface area (Å²) < 4.78 is 37.7. The molecule has 4 rings (SSSR count). The van der Waals surface area contributed by atoms with Gasteiger partial charge in [0.05, 0.1) is 0 Å². The maximum atomic E-state index is 12.3. The van der Waals surface area contributed by atoms with Crippen molar-refractivity contribution in [3.05, 3.63) is 42.7 Å². The number of benzene rings is 1. The summed E-state index contributed by atoms with van der Waals surface area (Å²) in [5, 5.41) is 0. The number of amides is 1. The van der Waals surface area contributed by atoms with Gasteiger partial charge < -0.3 is 14.4 Å². The fourth-order valence-electron chi connectivity index (χ4n) is 3.04. The molecule has 2 aliphatic heterocycles. The molecule has 1 aromatic heterocycles. The molecular weight excluding hydrogens is 358 g/mol. The van der Waals surface area contributed by atoms with Crippen molar-refractivity contribution in [3.8, 4) is 11.5 Å². The SMILES string of the molecule is O=C1C[C@@H](CNS(=O)(=O)c2cccnc2)CN1c1ccc2c(c1)OCO2. The van der Waals surface area contributed by atoms with Gasteiger partial charge in [0.25, 0.3) is 0 Å². The first kappa shape index (κ1) is 16.8. The number of aromatic nitrogens is 1. The van der Waals surface area contributed by atoms with Gasteiger partial charge >= 0.3 is 0 Å². The maximum Gasteiger partial charge on any atom is 0.242 e. The third-order valence-electron chi connectivity index (χ3n) is 4.38.